The van der Waals surface area contributed by atoms with Gasteiger partial charge in [-0.15, -0.1) is 0 Å². The molecule has 0 saturated heterocycles. The number of urea groups is 1. The van der Waals surface area contributed by atoms with E-state index in [2.05, 4.69) is 16.2 Å². The van der Waals surface area contributed by atoms with Crippen molar-refractivity contribution in [3.63, 3.8) is 0 Å². The Morgan fingerprint density at radius 1 is 1.18 bits per heavy atom. The number of hydrogen-bond donors (Lipinski definition) is 4. The zero-order valence-corrected chi connectivity index (χ0v) is 13.1. The van der Waals surface area contributed by atoms with Crippen LogP contribution in [0.4, 0.5) is 4.79 Å². The lowest BCUT2D eigenvalue weighted by molar-refractivity contribution is -0.124. The molecular weight excluding hydrogens is 308 g/mol. The molecule has 0 bridgehead atoms. The second kappa shape index (κ2) is 8.23. The second-order valence-electron chi connectivity index (χ2n) is 4.82. The average molecular weight is 327 g/mol. The molecule has 0 radical (unpaired) electrons. The van der Waals surface area contributed by atoms with Crippen molar-refractivity contribution < 1.29 is 14.4 Å². The van der Waals surface area contributed by atoms with Gasteiger partial charge >= 0.3 is 6.03 Å². The number of nitrogens with one attached hydrogen (secondary N) is 3. The van der Waals surface area contributed by atoms with Gasteiger partial charge in [-0.25, -0.2) is 4.79 Å². The van der Waals surface area contributed by atoms with Gasteiger partial charge in [0.1, 0.15) is 6.04 Å². The molecule has 5 N–H and O–H groups in total. The van der Waals surface area contributed by atoms with E-state index in [4.69, 9.17) is 17.3 Å². The summed E-state index contributed by atoms with van der Waals surface area (Å²) in [4.78, 5) is 34.9. The standard InChI is InChI=1S/C14H19ClN4O3/c1-3-8(2)11(17-14(16)22)13(21)19-18-12(20)9-4-6-10(15)7-5-9/h4-8,11H,3H2,1-2H3,(H,18,20)(H,19,21)(H3,16,17,22)/t8-,11-/m0/s1. The summed E-state index contributed by atoms with van der Waals surface area (Å²) in [5.74, 6) is -1.18. The zero-order chi connectivity index (χ0) is 16.7. The van der Waals surface area contributed by atoms with Crippen LogP contribution in [-0.4, -0.2) is 23.9 Å². The highest BCUT2D eigenvalue weighted by Crippen LogP contribution is 2.09. The van der Waals surface area contributed by atoms with Crippen molar-refractivity contribution in [3.05, 3.63) is 34.9 Å². The first-order chi connectivity index (χ1) is 10.3. The van der Waals surface area contributed by atoms with Gasteiger partial charge in [0.2, 0.25) is 0 Å². The predicted molar refractivity (Wildman–Crippen MR) is 83.0 cm³/mol. The zero-order valence-electron chi connectivity index (χ0n) is 12.4. The van der Waals surface area contributed by atoms with E-state index in [1.54, 1.807) is 19.1 Å². The van der Waals surface area contributed by atoms with E-state index in [0.717, 1.165) is 0 Å². The first kappa shape index (κ1) is 17.8. The molecular formula is C14H19ClN4O3. The maximum atomic E-state index is 12.1. The number of carbonyl (C=O) groups is 3. The number of benzene rings is 1. The Morgan fingerprint density at radius 2 is 1.77 bits per heavy atom. The fraction of sp³-hybridized carbons (Fsp3) is 0.357. The van der Waals surface area contributed by atoms with E-state index in [1.165, 1.54) is 12.1 Å². The molecule has 0 aromatic heterocycles. The first-order valence-electron chi connectivity index (χ1n) is 6.76. The highest BCUT2D eigenvalue weighted by atomic mass is 35.5. The maximum absolute atomic E-state index is 12.1. The van der Waals surface area contributed by atoms with Gasteiger partial charge in [-0.05, 0) is 30.2 Å². The van der Waals surface area contributed by atoms with Crippen molar-refractivity contribution in [1.29, 1.82) is 0 Å². The minimum Gasteiger partial charge on any atom is -0.352 e. The molecule has 0 aliphatic carbocycles. The van der Waals surface area contributed by atoms with E-state index in [9.17, 15) is 14.4 Å². The summed E-state index contributed by atoms with van der Waals surface area (Å²) in [6, 6.07) is 4.55. The molecule has 1 aromatic carbocycles. The third kappa shape index (κ3) is 5.25. The number of primary amides is 1. The fourth-order valence-corrected chi connectivity index (χ4v) is 1.85. The highest BCUT2D eigenvalue weighted by Gasteiger charge is 2.25. The monoisotopic (exact) mass is 326 g/mol. The molecule has 120 valence electrons. The largest absolute Gasteiger partial charge is 0.352 e. The lowest BCUT2D eigenvalue weighted by atomic mass is 9.99. The Labute approximate surface area is 133 Å². The molecule has 0 unspecified atom stereocenters. The van der Waals surface area contributed by atoms with Gasteiger partial charge in [0.15, 0.2) is 0 Å². The molecule has 0 heterocycles. The van der Waals surface area contributed by atoms with Gasteiger partial charge < -0.3 is 11.1 Å². The summed E-state index contributed by atoms with van der Waals surface area (Å²) in [6.07, 6.45) is 0.656. The third-order valence-electron chi connectivity index (χ3n) is 3.20. The van der Waals surface area contributed by atoms with E-state index in [-0.39, 0.29) is 5.92 Å². The third-order valence-corrected chi connectivity index (χ3v) is 3.45. The number of amides is 4. The SMILES string of the molecule is CC[C@H](C)[C@H](NC(N)=O)C(=O)NNC(=O)c1ccc(Cl)cc1. The molecule has 0 spiro atoms. The molecule has 0 aliphatic rings. The number of nitrogens with two attached hydrogens (primary N) is 1. The molecule has 7 nitrogen and oxygen atoms in total. The van der Waals surface area contributed by atoms with Crippen LogP contribution in [0, 0.1) is 5.92 Å². The van der Waals surface area contributed by atoms with E-state index in [1.807, 2.05) is 6.92 Å². The van der Waals surface area contributed by atoms with Crippen molar-refractivity contribution in [1.82, 2.24) is 16.2 Å². The Kier molecular flexibility index (Phi) is 6.65. The number of halogens is 1. The van der Waals surface area contributed by atoms with Crippen molar-refractivity contribution in [2.75, 3.05) is 0 Å². The van der Waals surface area contributed by atoms with Crippen molar-refractivity contribution in [2.45, 2.75) is 26.3 Å². The molecule has 0 fully saturated rings. The quantitative estimate of drug-likeness (QED) is 0.609. The van der Waals surface area contributed by atoms with Gasteiger partial charge in [-0.3, -0.25) is 20.4 Å². The second-order valence-corrected chi connectivity index (χ2v) is 5.26. The predicted octanol–water partition coefficient (Wildman–Crippen LogP) is 1.18. The molecule has 22 heavy (non-hydrogen) atoms. The van der Waals surface area contributed by atoms with Gasteiger partial charge in [-0.1, -0.05) is 31.9 Å². The smallest absolute Gasteiger partial charge is 0.312 e. The molecule has 1 aromatic rings. The van der Waals surface area contributed by atoms with Gasteiger partial charge in [0.25, 0.3) is 11.8 Å². The average Bonchev–Trinajstić information content (AvgIpc) is 2.49. The molecule has 8 heteroatoms. The van der Waals surface area contributed by atoms with E-state index in [0.29, 0.717) is 17.0 Å². The van der Waals surface area contributed by atoms with E-state index < -0.39 is 23.9 Å². The van der Waals surface area contributed by atoms with Crippen LogP contribution in [0.5, 0.6) is 0 Å². The number of hydrazine groups is 1. The lowest BCUT2D eigenvalue weighted by Gasteiger charge is -2.22. The first-order valence-corrected chi connectivity index (χ1v) is 7.14. The van der Waals surface area contributed by atoms with Crippen LogP contribution in [0.2, 0.25) is 5.02 Å². The maximum Gasteiger partial charge on any atom is 0.312 e. The Hall–Kier alpha value is -2.28. The van der Waals surface area contributed by atoms with Gasteiger partial charge in [0, 0.05) is 10.6 Å². The number of hydrogen-bond acceptors (Lipinski definition) is 3. The summed E-state index contributed by atoms with van der Waals surface area (Å²) in [5.41, 5.74) is 9.95. The summed E-state index contributed by atoms with van der Waals surface area (Å²) in [6.45, 7) is 3.67. The topological polar surface area (TPSA) is 113 Å². The summed E-state index contributed by atoms with van der Waals surface area (Å²) in [7, 11) is 0. The summed E-state index contributed by atoms with van der Waals surface area (Å²) >= 11 is 5.73. The number of carbonyl (C=O) groups excluding carboxylic acids is 3. The van der Waals surface area contributed by atoms with E-state index >= 15 is 0 Å². The van der Waals surface area contributed by atoms with Crippen LogP contribution in [-0.2, 0) is 4.79 Å². The Balaban J connectivity index is 2.63. The van der Waals surface area contributed by atoms with Crippen molar-refractivity contribution in [2.24, 2.45) is 11.7 Å². The van der Waals surface area contributed by atoms with Crippen LogP contribution in [0.15, 0.2) is 24.3 Å². The molecule has 0 aliphatic heterocycles. The minimum atomic E-state index is -0.826. The molecule has 4 amide bonds. The van der Waals surface area contributed by atoms with Gasteiger partial charge in [0.05, 0.1) is 0 Å². The molecule has 2 atom stereocenters. The van der Waals surface area contributed by atoms with Crippen molar-refractivity contribution >= 4 is 29.4 Å². The van der Waals surface area contributed by atoms with Crippen LogP contribution in [0.1, 0.15) is 30.6 Å². The highest BCUT2D eigenvalue weighted by molar-refractivity contribution is 6.30. The molecule has 0 saturated carbocycles. The lowest BCUT2D eigenvalue weighted by Crippen LogP contribution is -2.55. The molecule has 1 rings (SSSR count). The van der Waals surface area contributed by atoms with Crippen molar-refractivity contribution in [3.8, 4) is 0 Å². The normalized spacial score (nSPS) is 12.9. The van der Waals surface area contributed by atoms with Crippen LogP contribution in [0.25, 0.3) is 0 Å². The summed E-state index contributed by atoms with van der Waals surface area (Å²) in [5, 5.41) is 2.86. The van der Waals surface area contributed by atoms with Crippen LogP contribution in [0.3, 0.4) is 0 Å². The fourth-order valence-electron chi connectivity index (χ4n) is 1.72. The van der Waals surface area contributed by atoms with Crippen LogP contribution >= 0.6 is 11.6 Å². The number of rotatable bonds is 5. The van der Waals surface area contributed by atoms with Crippen LogP contribution < -0.4 is 21.9 Å². The summed E-state index contributed by atoms with van der Waals surface area (Å²) < 4.78 is 0. The Bertz CT molecular complexity index is 548. The minimum absolute atomic E-state index is 0.139. The Morgan fingerprint density at radius 3 is 2.27 bits per heavy atom. The van der Waals surface area contributed by atoms with Gasteiger partial charge in [-0.2, -0.15) is 0 Å².